The number of rotatable bonds is 5. The highest BCUT2D eigenvalue weighted by molar-refractivity contribution is 7.89. The molecule has 1 N–H and O–H groups in total. The van der Waals surface area contributed by atoms with Crippen LogP contribution in [0.1, 0.15) is 37.2 Å². The number of sulfonamides is 1. The number of fused-ring (bicyclic) bond motifs is 1. The predicted octanol–water partition coefficient (Wildman–Crippen LogP) is 3.76. The van der Waals surface area contributed by atoms with E-state index in [1.54, 1.807) is 24.4 Å². The van der Waals surface area contributed by atoms with E-state index in [2.05, 4.69) is 9.71 Å². The minimum absolute atomic E-state index is 0.191. The van der Waals surface area contributed by atoms with Gasteiger partial charge >= 0.3 is 0 Å². The molecule has 0 spiro atoms. The summed E-state index contributed by atoms with van der Waals surface area (Å²) in [5.74, 6) is 1.61. The molecule has 0 unspecified atom stereocenters. The molecule has 1 aromatic heterocycles. The third-order valence-corrected chi connectivity index (χ3v) is 6.65. The second-order valence-corrected chi connectivity index (χ2v) is 9.70. The van der Waals surface area contributed by atoms with E-state index in [1.807, 2.05) is 55.8 Å². The fraction of sp³-hybridized carbons (Fsp3) is 0.318. The molecule has 0 fully saturated rings. The van der Waals surface area contributed by atoms with Gasteiger partial charge in [-0.25, -0.2) is 18.1 Å². The van der Waals surface area contributed by atoms with Gasteiger partial charge in [-0.1, -0.05) is 18.2 Å². The first kappa shape index (κ1) is 19.7. The summed E-state index contributed by atoms with van der Waals surface area (Å²) in [5, 5.41) is 0. The van der Waals surface area contributed by atoms with E-state index < -0.39 is 10.0 Å². The van der Waals surface area contributed by atoms with Crippen LogP contribution < -0.4 is 9.46 Å². The van der Waals surface area contributed by atoms with Crippen LogP contribution in [-0.4, -0.2) is 23.6 Å². The van der Waals surface area contributed by atoms with Crippen LogP contribution in [0.25, 0.3) is 5.69 Å². The molecule has 0 bridgehead atoms. The molecule has 0 saturated carbocycles. The lowest BCUT2D eigenvalue weighted by Crippen LogP contribution is -2.32. The molecule has 0 radical (unpaired) electrons. The number of nitrogens with zero attached hydrogens (tertiary/aromatic N) is 2. The Balaban J connectivity index is 1.56. The van der Waals surface area contributed by atoms with Crippen molar-refractivity contribution in [2.75, 3.05) is 0 Å². The Kier molecular flexibility index (Phi) is 4.96. The van der Waals surface area contributed by atoms with Crippen LogP contribution in [0.3, 0.4) is 0 Å². The van der Waals surface area contributed by atoms with Gasteiger partial charge in [0.25, 0.3) is 0 Å². The van der Waals surface area contributed by atoms with Crippen LogP contribution >= 0.6 is 0 Å². The van der Waals surface area contributed by atoms with E-state index in [4.69, 9.17) is 4.74 Å². The Hall–Kier alpha value is -2.64. The molecule has 0 atom stereocenters. The average Bonchev–Trinajstić information content (AvgIpc) is 3.11. The van der Waals surface area contributed by atoms with Crippen molar-refractivity contribution >= 4 is 10.0 Å². The minimum atomic E-state index is -3.65. The summed E-state index contributed by atoms with van der Waals surface area (Å²) in [5.41, 5.74) is 2.49. The SMILES string of the molecule is Cc1nccn1-c1ccccc1CNS(=O)(=O)c1ccc2c(c1)CCC(C)(C)O2. The molecule has 4 rings (SSSR count). The van der Waals surface area contributed by atoms with E-state index >= 15 is 0 Å². The van der Waals surface area contributed by atoms with Crippen LogP contribution in [0.4, 0.5) is 0 Å². The Morgan fingerprint density at radius 1 is 1.21 bits per heavy atom. The van der Waals surface area contributed by atoms with Gasteiger partial charge in [-0.05, 0) is 69.0 Å². The number of para-hydroxylation sites is 1. The predicted molar refractivity (Wildman–Crippen MR) is 112 cm³/mol. The summed E-state index contributed by atoms with van der Waals surface area (Å²) < 4.78 is 36.5. The van der Waals surface area contributed by atoms with Crippen LogP contribution in [0.2, 0.25) is 0 Å². The number of hydrogen-bond acceptors (Lipinski definition) is 4. The van der Waals surface area contributed by atoms with E-state index in [0.717, 1.165) is 41.2 Å². The second kappa shape index (κ2) is 7.31. The summed E-state index contributed by atoms with van der Waals surface area (Å²) in [6.45, 7) is 6.19. The molecule has 1 aliphatic rings. The maximum Gasteiger partial charge on any atom is 0.240 e. The van der Waals surface area contributed by atoms with Crippen molar-refractivity contribution in [2.45, 2.75) is 50.7 Å². The van der Waals surface area contributed by atoms with Gasteiger partial charge in [-0.15, -0.1) is 0 Å². The zero-order valence-electron chi connectivity index (χ0n) is 16.8. The zero-order valence-corrected chi connectivity index (χ0v) is 17.7. The molecule has 7 heteroatoms. The average molecular weight is 412 g/mol. The molecular formula is C22H25N3O3S. The molecule has 3 aromatic rings. The molecule has 0 aliphatic carbocycles. The normalized spacial score (nSPS) is 15.6. The standard InChI is InChI=1S/C22H25N3O3S/c1-16-23-12-13-25(16)20-7-5-4-6-18(20)15-24-29(26,27)19-8-9-21-17(14-19)10-11-22(2,3)28-21/h4-9,12-14,24H,10-11,15H2,1-3H3. The van der Waals surface area contributed by atoms with Crippen LogP contribution in [-0.2, 0) is 23.0 Å². The minimum Gasteiger partial charge on any atom is -0.488 e. The van der Waals surface area contributed by atoms with E-state index in [1.165, 1.54) is 0 Å². The molecular weight excluding hydrogens is 386 g/mol. The highest BCUT2D eigenvalue weighted by Crippen LogP contribution is 2.34. The van der Waals surface area contributed by atoms with E-state index in [9.17, 15) is 8.42 Å². The van der Waals surface area contributed by atoms with Crippen molar-refractivity contribution in [3.05, 3.63) is 71.8 Å². The third kappa shape index (κ3) is 4.06. The number of nitrogens with one attached hydrogen (secondary N) is 1. The summed E-state index contributed by atoms with van der Waals surface area (Å²) in [7, 11) is -3.65. The van der Waals surface area contributed by atoms with Gasteiger partial charge in [0.15, 0.2) is 0 Å². The third-order valence-electron chi connectivity index (χ3n) is 5.25. The quantitative estimate of drug-likeness (QED) is 0.694. The fourth-order valence-electron chi connectivity index (χ4n) is 3.59. The summed E-state index contributed by atoms with van der Waals surface area (Å²) in [6.07, 6.45) is 5.25. The number of benzene rings is 2. The monoisotopic (exact) mass is 411 g/mol. The molecule has 0 saturated heterocycles. The molecule has 6 nitrogen and oxygen atoms in total. The van der Waals surface area contributed by atoms with E-state index in [0.29, 0.717) is 0 Å². The number of hydrogen-bond donors (Lipinski definition) is 1. The molecule has 0 amide bonds. The van der Waals surface area contributed by atoms with Crippen molar-refractivity contribution in [2.24, 2.45) is 0 Å². The topological polar surface area (TPSA) is 73.2 Å². The highest BCUT2D eigenvalue weighted by atomic mass is 32.2. The van der Waals surface area contributed by atoms with Crippen molar-refractivity contribution in [1.29, 1.82) is 0 Å². The smallest absolute Gasteiger partial charge is 0.240 e. The lowest BCUT2D eigenvalue weighted by atomic mass is 9.94. The van der Waals surface area contributed by atoms with Gasteiger partial charge in [0.05, 0.1) is 10.6 Å². The maximum atomic E-state index is 12.9. The summed E-state index contributed by atoms with van der Waals surface area (Å²) >= 11 is 0. The Morgan fingerprint density at radius 2 is 2.00 bits per heavy atom. The van der Waals surface area contributed by atoms with Gasteiger partial charge in [0, 0.05) is 18.9 Å². The van der Waals surface area contributed by atoms with Gasteiger partial charge in [-0.3, -0.25) is 0 Å². The molecule has 2 aromatic carbocycles. The second-order valence-electron chi connectivity index (χ2n) is 7.93. The Labute approximate surface area is 171 Å². The first-order valence-corrected chi connectivity index (χ1v) is 11.1. The van der Waals surface area contributed by atoms with Crippen molar-refractivity contribution in [3.63, 3.8) is 0 Å². The highest BCUT2D eigenvalue weighted by Gasteiger charge is 2.27. The fourth-order valence-corrected chi connectivity index (χ4v) is 4.64. The molecule has 1 aliphatic heterocycles. The van der Waals surface area contributed by atoms with Crippen LogP contribution in [0.15, 0.2) is 59.8 Å². The van der Waals surface area contributed by atoms with E-state index in [-0.39, 0.29) is 17.0 Å². The largest absolute Gasteiger partial charge is 0.488 e. The summed E-state index contributed by atoms with van der Waals surface area (Å²) in [6, 6.07) is 12.8. The van der Waals surface area contributed by atoms with Crippen LogP contribution in [0.5, 0.6) is 5.75 Å². The molecule has 2 heterocycles. The van der Waals surface area contributed by atoms with Crippen LogP contribution in [0, 0.1) is 6.92 Å². The molecule has 152 valence electrons. The lowest BCUT2D eigenvalue weighted by Gasteiger charge is -2.32. The Bertz CT molecular complexity index is 1150. The lowest BCUT2D eigenvalue weighted by molar-refractivity contribution is 0.0845. The number of ether oxygens (including phenoxy) is 1. The van der Waals surface area contributed by atoms with Gasteiger partial charge in [0.1, 0.15) is 17.2 Å². The van der Waals surface area contributed by atoms with Crippen molar-refractivity contribution in [3.8, 4) is 11.4 Å². The zero-order chi connectivity index (χ0) is 20.6. The first-order valence-electron chi connectivity index (χ1n) is 9.65. The summed E-state index contributed by atoms with van der Waals surface area (Å²) in [4.78, 5) is 4.51. The van der Waals surface area contributed by atoms with Gasteiger partial charge in [-0.2, -0.15) is 0 Å². The molecule has 29 heavy (non-hydrogen) atoms. The Morgan fingerprint density at radius 3 is 2.76 bits per heavy atom. The first-order chi connectivity index (χ1) is 13.8. The van der Waals surface area contributed by atoms with Gasteiger partial charge in [0.2, 0.25) is 10.0 Å². The van der Waals surface area contributed by atoms with Gasteiger partial charge < -0.3 is 9.30 Å². The number of imidazole rings is 1. The maximum absolute atomic E-state index is 12.9. The number of aromatic nitrogens is 2. The van der Waals surface area contributed by atoms with Crippen molar-refractivity contribution < 1.29 is 13.2 Å². The number of aryl methyl sites for hydroxylation is 2. The van der Waals surface area contributed by atoms with Crippen molar-refractivity contribution in [1.82, 2.24) is 14.3 Å².